The van der Waals surface area contributed by atoms with E-state index in [4.69, 9.17) is 10.5 Å². The lowest BCUT2D eigenvalue weighted by Crippen LogP contribution is -2.56. The van der Waals surface area contributed by atoms with Crippen LogP contribution in [0.5, 0.6) is 0 Å². The normalized spacial score (nSPS) is 18.1. The molecule has 2 aliphatic rings. The molecule has 3 N–H and O–H groups in total. The van der Waals surface area contributed by atoms with Gasteiger partial charge >= 0.3 is 0 Å². The Hall–Kier alpha value is -3.21. The van der Waals surface area contributed by atoms with Crippen LogP contribution in [0.25, 0.3) is 10.8 Å². The first-order valence-corrected chi connectivity index (χ1v) is 10.6. The maximum absolute atomic E-state index is 9.33. The number of fused-ring (bicyclic) bond motifs is 1. The highest BCUT2D eigenvalue weighted by Crippen LogP contribution is 2.42. The average Bonchev–Trinajstić information content (AvgIpc) is 3.25. The second-order valence-corrected chi connectivity index (χ2v) is 8.78. The van der Waals surface area contributed by atoms with Gasteiger partial charge in [0.2, 0.25) is 0 Å². The molecule has 2 fully saturated rings. The van der Waals surface area contributed by atoms with Gasteiger partial charge in [0.05, 0.1) is 23.9 Å². The van der Waals surface area contributed by atoms with Gasteiger partial charge in [-0.2, -0.15) is 10.4 Å². The summed E-state index contributed by atoms with van der Waals surface area (Å²) in [6, 6.07) is 14.3. The first kappa shape index (κ1) is 19.7. The number of nitrogens with two attached hydrogens (primary N) is 1. The van der Waals surface area contributed by atoms with Crippen LogP contribution in [0.4, 0.5) is 11.5 Å². The summed E-state index contributed by atoms with van der Waals surface area (Å²) in [5.41, 5.74) is 11.2. The van der Waals surface area contributed by atoms with Crippen molar-refractivity contribution in [3.05, 3.63) is 58.8 Å². The molecule has 0 radical (unpaired) electrons. The van der Waals surface area contributed by atoms with E-state index in [9.17, 15) is 5.26 Å². The fourth-order valence-corrected chi connectivity index (χ4v) is 4.76. The lowest BCUT2D eigenvalue weighted by Gasteiger charge is -2.48. The number of aryl methyl sites for hydroxylation is 1. The molecule has 3 heterocycles. The topological polar surface area (TPSA) is 100 Å². The molecule has 1 atom stereocenters. The van der Waals surface area contributed by atoms with Crippen molar-refractivity contribution in [2.24, 2.45) is 11.1 Å². The van der Waals surface area contributed by atoms with Crippen molar-refractivity contribution in [2.45, 2.75) is 26.4 Å². The minimum absolute atomic E-state index is 0.327. The van der Waals surface area contributed by atoms with E-state index in [0.717, 1.165) is 60.3 Å². The van der Waals surface area contributed by atoms with Gasteiger partial charge in [-0.25, -0.2) is 0 Å². The van der Waals surface area contributed by atoms with Crippen LogP contribution < -0.4 is 16.0 Å². The summed E-state index contributed by atoms with van der Waals surface area (Å²) in [4.78, 5) is 2.40. The molecule has 2 aliphatic heterocycles. The number of benzene rings is 2. The Morgan fingerprint density at radius 1 is 1.19 bits per heavy atom. The maximum Gasteiger partial charge on any atom is 0.158 e. The highest BCUT2D eigenvalue weighted by atomic mass is 16.5. The summed E-state index contributed by atoms with van der Waals surface area (Å²) in [5, 5.41) is 23.4. The number of anilines is 2. The van der Waals surface area contributed by atoms with E-state index in [0.29, 0.717) is 16.8 Å². The molecule has 2 aromatic carbocycles. The van der Waals surface area contributed by atoms with Crippen molar-refractivity contribution in [1.29, 1.82) is 5.26 Å². The predicted molar refractivity (Wildman–Crippen MR) is 121 cm³/mol. The second kappa shape index (κ2) is 7.49. The van der Waals surface area contributed by atoms with Crippen LogP contribution >= 0.6 is 0 Å². The van der Waals surface area contributed by atoms with Gasteiger partial charge in [0.25, 0.3) is 0 Å². The first-order valence-electron chi connectivity index (χ1n) is 10.6. The number of ether oxygens (including phenoxy) is 1. The van der Waals surface area contributed by atoms with Crippen LogP contribution in [0, 0.1) is 30.6 Å². The fourth-order valence-electron chi connectivity index (χ4n) is 4.76. The summed E-state index contributed by atoms with van der Waals surface area (Å²) in [7, 11) is 0. The lowest BCUT2D eigenvalue weighted by atomic mass is 9.79. The summed E-state index contributed by atoms with van der Waals surface area (Å²) < 4.78 is 5.61. The van der Waals surface area contributed by atoms with Gasteiger partial charge in [-0.1, -0.05) is 18.2 Å². The number of nitrogens with one attached hydrogen (secondary N) is 1. The molecule has 0 amide bonds. The van der Waals surface area contributed by atoms with Crippen LogP contribution in [0.3, 0.4) is 0 Å². The summed E-state index contributed by atoms with van der Waals surface area (Å²) in [6.45, 7) is 7.67. The van der Waals surface area contributed by atoms with E-state index < -0.39 is 6.17 Å². The van der Waals surface area contributed by atoms with Crippen molar-refractivity contribution in [2.75, 3.05) is 36.5 Å². The molecule has 1 spiro atoms. The van der Waals surface area contributed by atoms with Crippen molar-refractivity contribution in [3.8, 4) is 6.07 Å². The molecule has 0 saturated carbocycles. The lowest BCUT2D eigenvalue weighted by molar-refractivity contribution is 0.131. The van der Waals surface area contributed by atoms with E-state index in [1.54, 1.807) is 6.07 Å². The average molecular weight is 415 g/mol. The van der Waals surface area contributed by atoms with Gasteiger partial charge in [0.1, 0.15) is 6.17 Å². The van der Waals surface area contributed by atoms with Gasteiger partial charge in [-0.3, -0.25) is 0 Å². The number of nitrogens with zero attached hydrogens (tertiary/aromatic N) is 4. The van der Waals surface area contributed by atoms with Crippen LogP contribution in [0.2, 0.25) is 0 Å². The number of hydrogen-bond donors (Lipinski definition) is 2. The van der Waals surface area contributed by atoms with Gasteiger partial charge in [-0.15, -0.1) is 5.10 Å². The molecule has 158 valence electrons. The highest BCUT2D eigenvalue weighted by molar-refractivity contribution is 5.95. The molecule has 0 unspecified atom stereocenters. The zero-order valence-electron chi connectivity index (χ0n) is 17.9. The standard InChI is InChI=1S/C24H26N6O/c1-15-17(11-25)4-3-5-19(15)22(26)27-23-21-10-18(6-7-20(21)16(2)28-29-23)30-12-24(13-30)8-9-31-14-24/h3-7,10,22H,8-9,12-14,26H2,1-2H3,(H,27,29)/t22-/m0/s1. The molecule has 0 bridgehead atoms. The van der Waals surface area contributed by atoms with Crippen LogP contribution in [0.15, 0.2) is 36.4 Å². The van der Waals surface area contributed by atoms with Crippen LogP contribution in [-0.2, 0) is 4.74 Å². The van der Waals surface area contributed by atoms with E-state index in [2.05, 4.69) is 44.7 Å². The van der Waals surface area contributed by atoms with E-state index in [1.165, 1.54) is 5.69 Å². The smallest absolute Gasteiger partial charge is 0.158 e. The first-order chi connectivity index (χ1) is 15.0. The molecule has 7 nitrogen and oxygen atoms in total. The minimum atomic E-state index is -0.500. The van der Waals surface area contributed by atoms with Gasteiger partial charge in [-0.05, 0) is 49.6 Å². The van der Waals surface area contributed by atoms with E-state index in [-0.39, 0.29) is 0 Å². The van der Waals surface area contributed by atoms with Crippen molar-refractivity contribution >= 4 is 22.3 Å². The Kier molecular flexibility index (Phi) is 4.77. The summed E-state index contributed by atoms with van der Waals surface area (Å²) in [6.07, 6.45) is 0.643. The third-order valence-electron chi connectivity index (χ3n) is 6.67. The Balaban J connectivity index is 1.46. The number of rotatable bonds is 4. The van der Waals surface area contributed by atoms with E-state index in [1.807, 2.05) is 26.0 Å². The van der Waals surface area contributed by atoms with E-state index >= 15 is 0 Å². The Labute approximate surface area is 181 Å². The zero-order chi connectivity index (χ0) is 21.6. The van der Waals surface area contributed by atoms with Crippen LogP contribution in [0.1, 0.15) is 35.0 Å². The minimum Gasteiger partial charge on any atom is -0.381 e. The highest BCUT2D eigenvalue weighted by Gasteiger charge is 2.45. The third-order valence-corrected chi connectivity index (χ3v) is 6.67. The third kappa shape index (κ3) is 3.38. The largest absolute Gasteiger partial charge is 0.381 e. The molecule has 31 heavy (non-hydrogen) atoms. The molecule has 0 aliphatic carbocycles. The Morgan fingerprint density at radius 2 is 2.03 bits per heavy atom. The molecular weight excluding hydrogens is 388 g/mol. The molecule has 1 aromatic heterocycles. The number of hydrogen-bond acceptors (Lipinski definition) is 7. The van der Waals surface area contributed by atoms with Crippen LogP contribution in [-0.4, -0.2) is 36.5 Å². The molecule has 3 aromatic rings. The van der Waals surface area contributed by atoms with Gasteiger partial charge in [0, 0.05) is 41.6 Å². The second-order valence-electron chi connectivity index (χ2n) is 8.78. The molecule has 7 heteroatoms. The maximum atomic E-state index is 9.33. The summed E-state index contributed by atoms with van der Waals surface area (Å²) >= 11 is 0. The SMILES string of the molecule is Cc1c(C#N)cccc1[C@@H](N)Nc1nnc(C)c2ccc(N3CC4(CCOC4)C3)cc12. The fraction of sp³-hybridized carbons (Fsp3) is 0.375. The quantitative estimate of drug-likeness (QED) is 0.631. The Morgan fingerprint density at radius 3 is 2.77 bits per heavy atom. The summed E-state index contributed by atoms with van der Waals surface area (Å²) in [5.74, 6) is 0.649. The number of aromatic nitrogens is 2. The monoisotopic (exact) mass is 414 g/mol. The van der Waals surface area contributed by atoms with Crippen molar-refractivity contribution in [3.63, 3.8) is 0 Å². The van der Waals surface area contributed by atoms with Gasteiger partial charge in [0.15, 0.2) is 5.82 Å². The Bertz CT molecular complexity index is 1190. The molecular formula is C24H26N6O. The van der Waals surface area contributed by atoms with Crippen molar-refractivity contribution in [1.82, 2.24) is 10.2 Å². The zero-order valence-corrected chi connectivity index (χ0v) is 17.9. The molecule has 2 saturated heterocycles. The predicted octanol–water partition coefficient (Wildman–Crippen LogP) is 3.41. The van der Waals surface area contributed by atoms with Gasteiger partial charge < -0.3 is 20.7 Å². The van der Waals surface area contributed by atoms with Crippen molar-refractivity contribution < 1.29 is 4.74 Å². The molecule has 5 rings (SSSR count). The number of nitriles is 1.